The number of rotatable bonds is 4. The number of carbonyl (C=O) groups is 1. The first-order chi connectivity index (χ1) is 8.31. The summed E-state index contributed by atoms with van der Waals surface area (Å²) in [7, 11) is 1.64. The highest BCUT2D eigenvalue weighted by atomic mass is 16.5. The number of hydrogen-bond donors (Lipinski definition) is 0. The smallest absolute Gasteiger partial charge is 0.193 e. The van der Waals surface area contributed by atoms with E-state index >= 15 is 0 Å². The maximum absolute atomic E-state index is 12.2. The second-order valence-electron chi connectivity index (χ2n) is 3.83. The third-order valence-corrected chi connectivity index (χ3v) is 2.54. The van der Waals surface area contributed by atoms with E-state index in [9.17, 15) is 4.79 Å². The van der Waals surface area contributed by atoms with Crippen molar-refractivity contribution in [3.63, 3.8) is 0 Å². The van der Waals surface area contributed by atoms with Gasteiger partial charge in [0, 0.05) is 18.2 Å². The lowest BCUT2D eigenvalue weighted by Gasteiger charge is -2.04. The molecule has 2 aromatic carbocycles. The van der Waals surface area contributed by atoms with Crippen molar-refractivity contribution in [3.05, 3.63) is 71.3 Å². The Balaban J connectivity index is 2.28. The van der Waals surface area contributed by atoms with E-state index in [-0.39, 0.29) is 5.78 Å². The predicted octanol–water partition coefficient (Wildman–Crippen LogP) is 3.06. The summed E-state index contributed by atoms with van der Waals surface area (Å²) in [6.07, 6.45) is 0. The standard InChI is InChI=1S/C15H14O2/c1-17-11-12-6-5-9-14(10-12)15(16)13-7-3-2-4-8-13/h2-10H,11H2,1H3. The number of hydrogen-bond acceptors (Lipinski definition) is 2. The average Bonchev–Trinajstić information content (AvgIpc) is 2.40. The van der Waals surface area contributed by atoms with E-state index in [2.05, 4.69) is 0 Å². The molecule has 0 saturated carbocycles. The molecule has 0 unspecified atom stereocenters. The van der Waals surface area contributed by atoms with Crippen LogP contribution in [0.1, 0.15) is 21.5 Å². The van der Waals surface area contributed by atoms with Crippen molar-refractivity contribution in [1.29, 1.82) is 0 Å². The summed E-state index contributed by atoms with van der Waals surface area (Å²) in [6, 6.07) is 16.8. The number of carbonyl (C=O) groups excluding carboxylic acids is 1. The largest absolute Gasteiger partial charge is 0.380 e. The molecular formula is C15H14O2. The third kappa shape index (κ3) is 2.80. The average molecular weight is 226 g/mol. The van der Waals surface area contributed by atoms with Gasteiger partial charge in [0.15, 0.2) is 5.78 Å². The number of ketones is 1. The molecule has 0 radical (unpaired) electrons. The first-order valence-corrected chi connectivity index (χ1v) is 5.49. The Hall–Kier alpha value is -1.93. The summed E-state index contributed by atoms with van der Waals surface area (Å²) in [5.74, 6) is 0.0450. The van der Waals surface area contributed by atoms with Gasteiger partial charge >= 0.3 is 0 Å². The maximum Gasteiger partial charge on any atom is 0.193 e. The van der Waals surface area contributed by atoms with Gasteiger partial charge in [-0.05, 0) is 11.6 Å². The van der Waals surface area contributed by atoms with E-state index < -0.39 is 0 Å². The molecule has 0 N–H and O–H groups in total. The predicted molar refractivity (Wildman–Crippen MR) is 67.0 cm³/mol. The molecule has 0 aromatic heterocycles. The summed E-state index contributed by atoms with van der Waals surface area (Å²) < 4.78 is 5.06. The lowest BCUT2D eigenvalue weighted by atomic mass is 10.0. The Labute approximate surface area is 101 Å². The summed E-state index contributed by atoms with van der Waals surface area (Å²) in [6.45, 7) is 0.524. The quantitative estimate of drug-likeness (QED) is 0.749. The fourth-order valence-electron chi connectivity index (χ4n) is 1.73. The normalized spacial score (nSPS) is 10.2. The van der Waals surface area contributed by atoms with Crippen LogP contribution in [0.15, 0.2) is 54.6 Å². The minimum atomic E-state index is 0.0450. The van der Waals surface area contributed by atoms with E-state index in [1.807, 2.05) is 54.6 Å². The van der Waals surface area contributed by atoms with Crippen molar-refractivity contribution in [2.24, 2.45) is 0 Å². The number of benzene rings is 2. The van der Waals surface area contributed by atoms with Crippen molar-refractivity contribution in [2.45, 2.75) is 6.61 Å². The van der Waals surface area contributed by atoms with Gasteiger partial charge in [0.05, 0.1) is 6.61 Å². The van der Waals surface area contributed by atoms with Crippen LogP contribution >= 0.6 is 0 Å². The van der Waals surface area contributed by atoms with Gasteiger partial charge in [-0.2, -0.15) is 0 Å². The number of ether oxygens (including phenoxy) is 1. The lowest BCUT2D eigenvalue weighted by molar-refractivity contribution is 0.103. The molecule has 2 heteroatoms. The minimum Gasteiger partial charge on any atom is -0.380 e. The molecule has 0 atom stereocenters. The molecular weight excluding hydrogens is 212 g/mol. The zero-order valence-electron chi connectivity index (χ0n) is 9.72. The van der Waals surface area contributed by atoms with E-state index in [1.165, 1.54) is 0 Å². The van der Waals surface area contributed by atoms with Gasteiger partial charge in [-0.3, -0.25) is 4.79 Å². The molecule has 2 nitrogen and oxygen atoms in total. The topological polar surface area (TPSA) is 26.3 Å². The zero-order valence-corrected chi connectivity index (χ0v) is 9.72. The van der Waals surface area contributed by atoms with Crippen LogP contribution in [-0.2, 0) is 11.3 Å². The Morgan fingerprint density at radius 2 is 1.71 bits per heavy atom. The van der Waals surface area contributed by atoms with E-state index in [0.717, 1.165) is 5.56 Å². The van der Waals surface area contributed by atoms with Crippen molar-refractivity contribution in [1.82, 2.24) is 0 Å². The molecule has 0 saturated heterocycles. The number of methoxy groups -OCH3 is 1. The monoisotopic (exact) mass is 226 g/mol. The SMILES string of the molecule is COCc1cccc(C(=O)c2ccccc2)c1. The first-order valence-electron chi connectivity index (χ1n) is 5.49. The molecule has 0 heterocycles. The third-order valence-electron chi connectivity index (χ3n) is 2.54. The van der Waals surface area contributed by atoms with Gasteiger partial charge in [-0.15, -0.1) is 0 Å². The second-order valence-corrected chi connectivity index (χ2v) is 3.83. The van der Waals surface area contributed by atoms with Gasteiger partial charge in [0.1, 0.15) is 0 Å². The van der Waals surface area contributed by atoms with Crippen LogP contribution in [0.25, 0.3) is 0 Å². The second kappa shape index (κ2) is 5.41. The van der Waals surface area contributed by atoms with Gasteiger partial charge in [-0.1, -0.05) is 48.5 Å². The zero-order chi connectivity index (χ0) is 12.1. The molecule has 0 amide bonds. The highest BCUT2D eigenvalue weighted by Gasteiger charge is 2.08. The molecule has 0 fully saturated rings. The van der Waals surface area contributed by atoms with Crippen LogP contribution in [0.2, 0.25) is 0 Å². The van der Waals surface area contributed by atoms with Crippen molar-refractivity contribution in [2.75, 3.05) is 7.11 Å². The van der Waals surface area contributed by atoms with E-state index in [1.54, 1.807) is 7.11 Å². The van der Waals surface area contributed by atoms with Crippen molar-refractivity contribution in [3.8, 4) is 0 Å². The van der Waals surface area contributed by atoms with Crippen molar-refractivity contribution >= 4 is 5.78 Å². The van der Waals surface area contributed by atoms with Crippen LogP contribution in [0.4, 0.5) is 0 Å². The van der Waals surface area contributed by atoms with Crippen LogP contribution in [0.3, 0.4) is 0 Å². The first kappa shape index (κ1) is 11.6. The lowest BCUT2D eigenvalue weighted by Crippen LogP contribution is -2.01. The summed E-state index contributed by atoms with van der Waals surface area (Å²) in [4.78, 5) is 12.2. The van der Waals surface area contributed by atoms with E-state index in [0.29, 0.717) is 17.7 Å². The summed E-state index contributed by atoms with van der Waals surface area (Å²) >= 11 is 0. The molecule has 0 spiro atoms. The summed E-state index contributed by atoms with van der Waals surface area (Å²) in [5.41, 5.74) is 2.42. The van der Waals surface area contributed by atoms with Gasteiger partial charge in [0.2, 0.25) is 0 Å². The van der Waals surface area contributed by atoms with Gasteiger partial charge in [0.25, 0.3) is 0 Å². The van der Waals surface area contributed by atoms with E-state index in [4.69, 9.17) is 4.74 Å². The molecule has 0 aliphatic carbocycles. The fourth-order valence-corrected chi connectivity index (χ4v) is 1.73. The Kier molecular flexibility index (Phi) is 3.68. The molecule has 0 aliphatic heterocycles. The Morgan fingerprint density at radius 3 is 2.41 bits per heavy atom. The molecule has 2 rings (SSSR count). The van der Waals surface area contributed by atoms with Crippen LogP contribution in [0, 0.1) is 0 Å². The van der Waals surface area contributed by atoms with Gasteiger partial charge in [-0.25, -0.2) is 0 Å². The highest BCUT2D eigenvalue weighted by molar-refractivity contribution is 6.09. The fraction of sp³-hybridized carbons (Fsp3) is 0.133. The molecule has 17 heavy (non-hydrogen) atoms. The maximum atomic E-state index is 12.2. The summed E-state index contributed by atoms with van der Waals surface area (Å²) in [5, 5.41) is 0. The van der Waals surface area contributed by atoms with Crippen LogP contribution in [-0.4, -0.2) is 12.9 Å². The van der Waals surface area contributed by atoms with Crippen LogP contribution in [0.5, 0.6) is 0 Å². The molecule has 86 valence electrons. The van der Waals surface area contributed by atoms with Crippen molar-refractivity contribution < 1.29 is 9.53 Å². The Morgan fingerprint density at radius 1 is 1.00 bits per heavy atom. The molecule has 0 bridgehead atoms. The Bertz CT molecular complexity index is 503. The molecule has 2 aromatic rings. The van der Waals surface area contributed by atoms with Crippen LogP contribution < -0.4 is 0 Å². The van der Waals surface area contributed by atoms with Gasteiger partial charge < -0.3 is 4.74 Å². The highest BCUT2D eigenvalue weighted by Crippen LogP contribution is 2.12. The molecule has 0 aliphatic rings. The minimum absolute atomic E-state index is 0.0450.